The van der Waals surface area contributed by atoms with E-state index in [0.29, 0.717) is 12.6 Å². The predicted molar refractivity (Wildman–Crippen MR) is 102 cm³/mol. The van der Waals surface area contributed by atoms with Crippen molar-refractivity contribution in [1.82, 2.24) is 4.98 Å². The molecule has 1 aromatic carbocycles. The molecule has 3 heterocycles. The van der Waals surface area contributed by atoms with Gasteiger partial charge in [-0.05, 0) is 56.7 Å². The van der Waals surface area contributed by atoms with Crippen LogP contribution >= 0.6 is 0 Å². The molecule has 2 aromatic rings. The fourth-order valence-electron chi connectivity index (χ4n) is 4.11. The Morgan fingerprint density at radius 1 is 1.23 bits per heavy atom. The number of nitrogens with zero attached hydrogens (tertiary/aromatic N) is 2. The zero-order chi connectivity index (χ0) is 17.9. The Balaban J connectivity index is 1.56. The molecule has 2 fully saturated rings. The largest absolute Gasteiger partial charge is 0.392 e. The SMILES string of the molecule is Cc1cc(N2CCC[C@H]2COC2CCCCO2)c2ccc(CO)cc2n1. The van der Waals surface area contributed by atoms with Gasteiger partial charge in [0.25, 0.3) is 0 Å². The van der Waals surface area contributed by atoms with E-state index >= 15 is 0 Å². The number of aliphatic hydroxyl groups excluding tert-OH is 1. The summed E-state index contributed by atoms with van der Waals surface area (Å²) in [4.78, 5) is 7.14. The summed E-state index contributed by atoms with van der Waals surface area (Å²) in [6, 6.07) is 8.62. The van der Waals surface area contributed by atoms with Crippen LogP contribution in [-0.4, -0.2) is 42.2 Å². The molecule has 2 atom stereocenters. The van der Waals surface area contributed by atoms with Gasteiger partial charge in [0, 0.05) is 29.9 Å². The van der Waals surface area contributed by atoms with Gasteiger partial charge in [0.05, 0.1) is 24.8 Å². The standard InChI is InChI=1S/C21H28N2O3/c1-15-11-20(18-8-7-16(13-24)12-19(18)22-15)23-9-4-5-17(23)14-26-21-6-2-3-10-25-21/h7-8,11-12,17,21,24H,2-6,9-10,13-14H2,1H3/t17-,21?/m0/s1. The molecule has 0 aliphatic carbocycles. The summed E-state index contributed by atoms with van der Waals surface area (Å²) in [5.74, 6) is 0. The number of fused-ring (bicyclic) bond motifs is 1. The van der Waals surface area contributed by atoms with E-state index in [2.05, 4.69) is 22.0 Å². The van der Waals surface area contributed by atoms with Crippen LogP contribution in [0.5, 0.6) is 0 Å². The highest BCUT2D eigenvalue weighted by Gasteiger charge is 2.28. The molecule has 4 rings (SSSR count). The maximum Gasteiger partial charge on any atom is 0.157 e. The zero-order valence-corrected chi connectivity index (χ0v) is 15.5. The number of rotatable bonds is 5. The minimum atomic E-state index is -0.0331. The van der Waals surface area contributed by atoms with Crippen molar-refractivity contribution >= 4 is 16.6 Å². The molecule has 1 N–H and O–H groups in total. The molecule has 0 saturated carbocycles. The highest BCUT2D eigenvalue weighted by atomic mass is 16.7. The molecule has 5 heteroatoms. The minimum absolute atomic E-state index is 0.0331. The summed E-state index contributed by atoms with van der Waals surface area (Å²) >= 11 is 0. The van der Waals surface area contributed by atoms with Gasteiger partial charge in [0.2, 0.25) is 0 Å². The van der Waals surface area contributed by atoms with Crippen molar-refractivity contribution in [3.63, 3.8) is 0 Å². The van der Waals surface area contributed by atoms with Crippen LogP contribution in [-0.2, 0) is 16.1 Å². The third kappa shape index (κ3) is 3.70. The molecule has 2 aliphatic rings. The molecule has 1 unspecified atom stereocenters. The van der Waals surface area contributed by atoms with Crippen molar-refractivity contribution in [2.24, 2.45) is 0 Å². The van der Waals surface area contributed by atoms with Crippen molar-refractivity contribution in [1.29, 1.82) is 0 Å². The number of aryl methyl sites for hydroxylation is 1. The number of hydrogen-bond donors (Lipinski definition) is 1. The molecule has 0 bridgehead atoms. The molecule has 1 aromatic heterocycles. The van der Waals surface area contributed by atoms with Gasteiger partial charge in [-0.15, -0.1) is 0 Å². The van der Waals surface area contributed by atoms with Crippen LogP contribution in [0.1, 0.15) is 43.4 Å². The molecule has 0 radical (unpaired) electrons. The second-order valence-corrected chi connectivity index (χ2v) is 7.41. The van der Waals surface area contributed by atoms with Gasteiger partial charge in [0.15, 0.2) is 6.29 Å². The van der Waals surface area contributed by atoms with Crippen LogP contribution in [0.25, 0.3) is 10.9 Å². The lowest BCUT2D eigenvalue weighted by atomic mass is 10.1. The van der Waals surface area contributed by atoms with E-state index in [4.69, 9.17) is 9.47 Å². The maximum atomic E-state index is 9.42. The molecular formula is C21H28N2O3. The number of hydrogen-bond acceptors (Lipinski definition) is 5. The Bertz CT molecular complexity index is 758. The van der Waals surface area contributed by atoms with Crippen molar-refractivity contribution in [2.45, 2.75) is 58.0 Å². The van der Waals surface area contributed by atoms with Crippen molar-refractivity contribution in [3.05, 3.63) is 35.5 Å². The molecule has 2 aliphatic heterocycles. The predicted octanol–water partition coefficient (Wildman–Crippen LogP) is 3.55. The lowest BCUT2D eigenvalue weighted by molar-refractivity contribution is -0.164. The lowest BCUT2D eigenvalue weighted by Crippen LogP contribution is -2.36. The van der Waals surface area contributed by atoms with E-state index in [1.807, 2.05) is 19.1 Å². The fraction of sp³-hybridized carbons (Fsp3) is 0.571. The molecule has 2 saturated heterocycles. The number of benzene rings is 1. The van der Waals surface area contributed by atoms with Crippen LogP contribution < -0.4 is 4.90 Å². The first-order valence-corrected chi connectivity index (χ1v) is 9.75. The summed E-state index contributed by atoms with van der Waals surface area (Å²) in [5, 5.41) is 10.6. The van der Waals surface area contributed by atoms with Crippen LogP contribution in [0.2, 0.25) is 0 Å². The quantitative estimate of drug-likeness (QED) is 0.888. The average molecular weight is 356 g/mol. The third-order valence-corrected chi connectivity index (χ3v) is 5.46. The fourth-order valence-corrected chi connectivity index (χ4v) is 4.11. The summed E-state index contributed by atoms with van der Waals surface area (Å²) in [5.41, 5.74) is 4.09. The van der Waals surface area contributed by atoms with Crippen LogP contribution in [0.15, 0.2) is 24.3 Å². The van der Waals surface area contributed by atoms with Gasteiger partial charge in [-0.1, -0.05) is 12.1 Å². The zero-order valence-electron chi connectivity index (χ0n) is 15.5. The van der Waals surface area contributed by atoms with Crippen molar-refractivity contribution in [2.75, 3.05) is 24.7 Å². The molecule has 26 heavy (non-hydrogen) atoms. The number of ether oxygens (including phenoxy) is 2. The van der Waals surface area contributed by atoms with Crippen LogP contribution in [0, 0.1) is 6.92 Å². The molecule has 0 spiro atoms. The molecule has 0 amide bonds. The van der Waals surface area contributed by atoms with Crippen molar-refractivity contribution < 1.29 is 14.6 Å². The Morgan fingerprint density at radius 3 is 2.96 bits per heavy atom. The van der Waals surface area contributed by atoms with E-state index in [-0.39, 0.29) is 12.9 Å². The minimum Gasteiger partial charge on any atom is -0.392 e. The normalized spacial score (nSPS) is 23.7. The topological polar surface area (TPSA) is 54.8 Å². The smallest absolute Gasteiger partial charge is 0.157 e. The van der Waals surface area contributed by atoms with Crippen LogP contribution in [0.4, 0.5) is 5.69 Å². The Labute approximate surface area is 154 Å². The number of anilines is 1. The summed E-state index contributed by atoms with van der Waals surface area (Å²) in [6.45, 7) is 4.65. The summed E-state index contributed by atoms with van der Waals surface area (Å²) in [6.07, 6.45) is 5.64. The van der Waals surface area contributed by atoms with Gasteiger partial charge >= 0.3 is 0 Å². The summed E-state index contributed by atoms with van der Waals surface area (Å²) < 4.78 is 11.8. The average Bonchev–Trinajstić information content (AvgIpc) is 3.14. The monoisotopic (exact) mass is 356 g/mol. The Hall–Kier alpha value is -1.69. The van der Waals surface area contributed by atoms with Crippen molar-refractivity contribution in [3.8, 4) is 0 Å². The molecular weight excluding hydrogens is 328 g/mol. The maximum absolute atomic E-state index is 9.42. The first-order valence-electron chi connectivity index (χ1n) is 9.75. The van der Waals surface area contributed by atoms with E-state index in [1.165, 1.54) is 18.5 Å². The third-order valence-electron chi connectivity index (χ3n) is 5.46. The van der Waals surface area contributed by atoms with Gasteiger partial charge < -0.3 is 19.5 Å². The van der Waals surface area contributed by atoms with E-state index in [0.717, 1.165) is 54.6 Å². The Morgan fingerprint density at radius 2 is 2.15 bits per heavy atom. The second-order valence-electron chi connectivity index (χ2n) is 7.41. The van der Waals surface area contributed by atoms with E-state index in [9.17, 15) is 5.11 Å². The van der Waals surface area contributed by atoms with Gasteiger partial charge in [-0.2, -0.15) is 0 Å². The van der Waals surface area contributed by atoms with E-state index in [1.54, 1.807) is 0 Å². The van der Waals surface area contributed by atoms with Gasteiger partial charge in [0.1, 0.15) is 0 Å². The highest BCUT2D eigenvalue weighted by Crippen LogP contribution is 2.33. The van der Waals surface area contributed by atoms with Gasteiger partial charge in [-0.3, -0.25) is 4.98 Å². The van der Waals surface area contributed by atoms with Gasteiger partial charge in [-0.25, -0.2) is 0 Å². The lowest BCUT2D eigenvalue weighted by Gasteiger charge is -2.30. The first-order chi connectivity index (χ1) is 12.7. The van der Waals surface area contributed by atoms with E-state index < -0.39 is 0 Å². The first kappa shape index (κ1) is 17.7. The number of aromatic nitrogens is 1. The Kier molecular flexibility index (Phi) is 5.38. The summed E-state index contributed by atoms with van der Waals surface area (Å²) in [7, 11) is 0. The number of aliphatic hydroxyl groups is 1. The highest BCUT2D eigenvalue weighted by molar-refractivity contribution is 5.92. The van der Waals surface area contributed by atoms with Crippen LogP contribution in [0.3, 0.4) is 0 Å². The molecule has 5 nitrogen and oxygen atoms in total. The molecule has 140 valence electrons. The number of pyridine rings is 1. The second kappa shape index (κ2) is 7.91.